The fraction of sp³-hybridized carbons (Fsp3) is 0.900. The third-order valence-corrected chi connectivity index (χ3v) is 3.03. The minimum atomic E-state index is -0.318. The van der Waals surface area contributed by atoms with Gasteiger partial charge in [0.05, 0.1) is 0 Å². The Morgan fingerprint density at radius 3 is 2.36 bits per heavy atom. The first-order chi connectivity index (χ1) is 6.49. The molecule has 84 valence electrons. The van der Waals surface area contributed by atoms with Gasteiger partial charge in [-0.25, -0.2) is 0 Å². The van der Waals surface area contributed by atoms with Crippen molar-refractivity contribution in [3.63, 3.8) is 0 Å². The second kappa shape index (κ2) is 7.45. The van der Waals surface area contributed by atoms with Crippen LogP contribution in [0.3, 0.4) is 0 Å². The quantitative estimate of drug-likeness (QED) is 0.481. The standard InChI is InChI=1S/C5H10IN.C5H10O2/c6-3-5-1-2-7-4-5;1-5(2,3)7-4-6/h5,7H,1-4H2;4H,1-3H3/t5-;/m0./s1. The highest BCUT2D eigenvalue weighted by atomic mass is 127. The van der Waals surface area contributed by atoms with E-state index in [0.29, 0.717) is 6.47 Å². The molecular weight excluding hydrogens is 293 g/mol. The van der Waals surface area contributed by atoms with E-state index >= 15 is 0 Å². The van der Waals surface area contributed by atoms with Gasteiger partial charge >= 0.3 is 0 Å². The van der Waals surface area contributed by atoms with Crippen LogP contribution in [0.25, 0.3) is 0 Å². The van der Waals surface area contributed by atoms with Crippen LogP contribution in [-0.2, 0) is 9.53 Å². The second-order valence-electron chi connectivity index (χ2n) is 4.34. The highest BCUT2D eigenvalue weighted by Gasteiger charge is 2.11. The molecule has 0 aromatic rings. The maximum absolute atomic E-state index is 9.60. The first-order valence-corrected chi connectivity index (χ1v) is 6.40. The number of hydrogen-bond donors (Lipinski definition) is 1. The molecule has 3 nitrogen and oxygen atoms in total. The number of halogens is 1. The van der Waals surface area contributed by atoms with Crippen LogP contribution in [0.2, 0.25) is 0 Å². The number of hydrogen-bond acceptors (Lipinski definition) is 3. The van der Waals surface area contributed by atoms with Crippen LogP contribution in [0.4, 0.5) is 0 Å². The average Bonchev–Trinajstić information content (AvgIpc) is 2.54. The van der Waals surface area contributed by atoms with Crippen LogP contribution in [0.5, 0.6) is 0 Å². The summed E-state index contributed by atoms with van der Waals surface area (Å²) in [6.07, 6.45) is 1.39. The number of rotatable bonds is 2. The third-order valence-electron chi connectivity index (χ3n) is 1.78. The second-order valence-corrected chi connectivity index (χ2v) is 5.22. The van der Waals surface area contributed by atoms with Crippen molar-refractivity contribution in [2.45, 2.75) is 32.8 Å². The van der Waals surface area contributed by atoms with Crippen LogP contribution in [0, 0.1) is 5.92 Å². The van der Waals surface area contributed by atoms with Gasteiger partial charge in [0, 0.05) is 4.43 Å². The number of alkyl halides is 1. The van der Waals surface area contributed by atoms with Gasteiger partial charge in [0.1, 0.15) is 5.60 Å². The van der Waals surface area contributed by atoms with Gasteiger partial charge in [-0.15, -0.1) is 0 Å². The summed E-state index contributed by atoms with van der Waals surface area (Å²) in [6, 6.07) is 0. The summed E-state index contributed by atoms with van der Waals surface area (Å²) >= 11 is 2.45. The summed E-state index contributed by atoms with van der Waals surface area (Å²) in [6.45, 7) is 8.42. The van der Waals surface area contributed by atoms with E-state index in [1.54, 1.807) is 0 Å². The van der Waals surface area contributed by atoms with Crippen LogP contribution >= 0.6 is 22.6 Å². The first kappa shape index (κ1) is 14.2. The highest BCUT2D eigenvalue weighted by Crippen LogP contribution is 2.09. The zero-order valence-corrected chi connectivity index (χ0v) is 11.3. The largest absolute Gasteiger partial charge is 0.462 e. The van der Waals surface area contributed by atoms with Crippen molar-refractivity contribution in [2.75, 3.05) is 17.5 Å². The van der Waals surface area contributed by atoms with Gasteiger partial charge in [-0.05, 0) is 46.2 Å². The Morgan fingerprint density at radius 2 is 2.21 bits per heavy atom. The molecular formula is C10H20INO2. The van der Waals surface area contributed by atoms with Crippen LogP contribution in [0.15, 0.2) is 0 Å². The molecule has 1 N–H and O–H groups in total. The monoisotopic (exact) mass is 313 g/mol. The molecule has 1 atom stereocenters. The molecule has 1 fully saturated rings. The van der Waals surface area contributed by atoms with Gasteiger partial charge in [-0.3, -0.25) is 4.79 Å². The van der Waals surface area contributed by atoms with Crippen molar-refractivity contribution in [1.29, 1.82) is 0 Å². The number of ether oxygens (including phenoxy) is 1. The summed E-state index contributed by atoms with van der Waals surface area (Å²) in [5.41, 5.74) is -0.318. The predicted octanol–water partition coefficient (Wildman–Crippen LogP) is 1.99. The zero-order valence-electron chi connectivity index (χ0n) is 9.18. The molecule has 1 rings (SSSR count). The molecule has 1 heterocycles. The van der Waals surface area contributed by atoms with Crippen molar-refractivity contribution in [3.8, 4) is 0 Å². The van der Waals surface area contributed by atoms with Gasteiger partial charge < -0.3 is 10.1 Å². The summed E-state index contributed by atoms with van der Waals surface area (Å²) in [4.78, 5) is 9.60. The number of nitrogens with one attached hydrogen (secondary N) is 1. The highest BCUT2D eigenvalue weighted by molar-refractivity contribution is 14.1. The average molecular weight is 313 g/mol. The van der Waals surface area contributed by atoms with E-state index in [0.717, 1.165) is 5.92 Å². The molecule has 0 saturated carbocycles. The van der Waals surface area contributed by atoms with E-state index in [2.05, 4.69) is 32.6 Å². The molecule has 4 heteroatoms. The molecule has 0 unspecified atom stereocenters. The molecule has 14 heavy (non-hydrogen) atoms. The van der Waals surface area contributed by atoms with Gasteiger partial charge in [0.25, 0.3) is 6.47 Å². The lowest BCUT2D eigenvalue weighted by Crippen LogP contribution is -2.17. The number of carbonyl (C=O) groups is 1. The molecule has 1 aliphatic heterocycles. The molecule has 0 bridgehead atoms. The Morgan fingerprint density at radius 1 is 1.57 bits per heavy atom. The van der Waals surface area contributed by atoms with Crippen molar-refractivity contribution in [3.05, 3.63) is 0 Å². The SMILES string of the molecule is CC(C)(C)OC=O.IC[C@@H]1CCNC1. The van der Waals surface area contributed by atoms with Crippen molar-refractivity contribution in [1.82, 2.24) is 5.32 Å². The van der Waals surface area contributed by atoms with Crippen LogP contribution < -0.4 is 5.32 Å². The molecule has 0 amide bonds. The fourth-order valence-electron chi connectivity index (χ4n) is 0.990. The maximum Gasteiger partial charge on any atom is 0.293 e. The predicted molar refractivity (Wildman–Crippen MR) is 66.8 cm³/mol. The topological polar surface area (TPSA) is 38.3 Å². The van der Waals surface area contributed by atoms with E-state index in [9.17, 15) is 4.79 Å². The molecule has 1 aliphatic rings. The summed E-state index contributed by atoms with van der Waals surface area (Å²) in [5.74, 6) is 0.973. The Hall–Kier alpha value is 0.160. The summed E-state index contributed by atoms with van der Waals surface area (Å²) in [7, 11) is 0. The van der Waals surface area contributed by atoms with E-state index in [-0.39, 0.29) is 5.60 Å². The lowest BCUT2D eigenvalue weighted by atomic mass is 10.2. The lowest BCUT2D eigenvalue weighted by Gasteiger charge is -2.14. The maximum atomic E-state index is 9.60. The van der Waals surface area contributed by atoms with E-state index in [4.69, 9.17) is 0 Å². The Kier molecular flexibility index (Phi) is 7.54. The molecule has 1 saturated heterocycles. The minimum Gasteiger partial charge on any atom is -0.462 e. The molecule has 0 spiro atoms. The van der Waals surface area contributed by atoms with Crippen LogP contribution in [0.1, 0.15) is 27.2 Å². The lowest BCUT2D eigenvalue weighted by molar-refractivity contribution is -0.138. The molecule has 0 aliphatic carbocycles. The van der Waals surface area contributed by atoms with Crippen molar-refractivity contribution < 1.29 is 9.53 Å². The van der Waals surface area contributed by atoms with Gasteiger partial charge in [-0.2, -0.15) is 0 Å². The smallest absolute Gasteiger partial charge is 0.293 e. The molecule has 0 radical (unpaired) electrons. The zero-order chi connectivity index (χ0) is 11.0. The fourth-order valence-corrected chi connectivity index (χ4v) is 1.74. The third kappa shape index (κ3) is 8.74. The van der Waals surface area contributed by atoms with E-state index in [1.807, 2.05) is 20.8 Å². The first-order valence-electron chi connectivity index (χ1n) is 4.87. The Labute approximate surface area is 100 Å². The summed E-state index contributed by atoms with van der Waals surface area (Å²) < 4.78 is 5.87. The van der Waals surface area contributed by atoms with E-state index in [1.165, 1.54) is 23.9 Å². The van der Waals surface area contributed by atoms with E-state index < -0.39 is 0 Å². The normalized spacial score (nSPS) is 21.0. The summed E-state index contributed by atoms with van der Waals surface area (Å²) in [5, 5.41) is 3.32. The van der Waals surface area contributed by atoms with Crippen molar-refractivity contribution in [2.24, 2.45) is 5.92 Å². The minimum absolute atomic E-state index is 0.318. The van der Waals surface area contributed by atoms with Gasteiger partial charge in [0.2, 0.25) is 0 Å². The Bertz CT molecular complexity index is 151. The van der Waals surface area contributed by atoms with Gasteiger partial charge in [-0.1, -0.05) is 22.6 Å². The number of carbonyl (C=O) groups excluding carboxylic acids is 1. The van der Waals surface area contributed by atoms with Crippen LogP contribution in [-0.4, -0.2) is 29.6 Å². The van der Waals surface area contributed by atoms with Crippen molar-refractivity contribution >= 4 is 29.1 Å². The van der Waals surface area contributed by atoms with Gasteiger partial charge in [0.15, 0.2) is 0 Å². The molecule has 0 aromatic carbocycles. The Balaban J connectivity index is 0.000000241. The molecule has 0 aromatic heterocycles.